The number of nitrogens with one attached hydrogen (secondary N) is 1. The zero-order chi connectivity index (χ0) is 50.1. The van der Waals surface area contributed by atoms with Crippen LogP contribution in [-0.4, -0.2) is 123 Å². The molecule has 5 aliphatic carbocycles. The van der Waals surface area contributed by atoms with Crippen LogP contribution in [0.1, 0.15) is 126 Å². The van der Waals surface area contributed by atoms with Crippen LogP contribution in [-0.2, 0) is 36.6 Å². The van der Waals surface area contributed by atoms with E-state index in [-0.39, 0.29) is 84.9 Å². The van der Waals surface area contributed by atoms with Crippen molar-refractivity contribution in [3.63, 3.8) is 0 Å². The summed E-state index contributed by atoms with van der Waals surface area (Å²) in [6.45, 7) is 8.39. The van der Waals surface area contributed by atoms with E-state index in [1.807, 2.05) is 18.2 Å². The Morgan fingerprint density at radius 2 is 1.81 bits per heavy atom. The molecule has 2 aliphatic heterocycles. The van der Waals surface area contributed by atoms with Crippen LogP contribution in [0.4, 0.5) is 0 Å². The van der Waals surface area contributed by atoms with E-state index in [9.17, 15) is 40.5 Å². The van der Waals surface area contributed by atoms with Gasteiger partial charge in [0.25, 0.3) is 0 Å². The number of rotatable bonds is 17. The number of phenolic OH excluding ortho intramolecular Hbond substituents is 1. The van der Waals surface area contributed by atoms with Gasteiger partial charge in [-0.05, 0) is 183 Å². The van der Waals surface area contributed by atoms with E-state index < -0.39 is 54.3 Å². The number of fused-ring (bicyclic) bond motifs is 7. The Hall–Kier alpha value is -3.86. The second-order valence-electron chi connectivity index (χ2n) is 22.3. The van der Waals surface area contributed by atoms with Gasteiger partial charge in [-0.15, -0.1) is 0 Å². The van der Waals surface area contributed by atoms with Gasteiger partial charge in [-0.3, -0.25) is 4.79 Å². The quantitative estimate of drug-likeness (QED) is 0.0527. The monoisotopic (exact) mass is 974 g/mol. The number of aliphatic hydroxyl groups is 6. The zero-order valence-electron chi connectivity index (χ0n) is 41.8. The number of esters is 2. The minimum atomic E-state index is -2.35. The number of hydrogen-bond acceptors (Lipinski definition) is 14. The van der Waals surface area contributed by atoms with Crippen LogP contribution in [0, 0.1) is 46.8 Å². The molecule has 0 aromatic heterocycles. The molecular weight excluding hydrogens is 895 g/mol. The molecule has 0 unspecified atom stereocenters. The minimum Gasteiger partial charge on any atom is -0.504 e. The van der Waals surface area contributed by atoms with Crippen LogP contribution in [0.2, 0.25) is 0 Å². The average Bonchev–Trinajstić information content (AvgIpc) is 3.32. The van der Waals surface area contributed by atoms with Crippen molar-refractivity contribution in [2.24, 2.45) is 46.8 Å². The number of aromatic hydroxyl groups is 1. The minimum absolute atomic E-state index is 0.0170. The number of phenols is 1. The predicted molar refractivity (Wildman–Crippen MR) is 262 cm³/mol. The van der Waals surface area contributed by atoms with Crippen LogP contribution in [0.15, 0.2) is 54.1 Å². The molecule has 0 amide bonds. The topological polar surface area (TPSA) is 225 Å². The molecule has 386 valence electrons. The fourth-order valence-electron chi connectivity index (χ4n) is 14.0. The van der Waals surface area contributed by atoms with Crippen LogP contribution < -0.4 is 10.1 Å². The van der Waals surface area contributed by atoms with Crippen molar-refractivity contribution in [3.8, 4) is 11.5 Å². The summed E-state index contributed by atoms with van der Waals surface area (Å²) < 4.78 is 24.1. The average molecular weight is 974 g/mol. The van der Waals surface area contributed by atoms with Gasteiger partial charge in [-0.25, -0.2) is 4.79 Å². The lowest BCUT2D eigenvalue weighted by atomic mass is 9.46. The van der Waals surface area contributed by atoms with Gasteiger partial charge in [0.1, 0.15) is 12.2 Å². The number of ether oxygens (including phenoxy) is 4. The number of carbonyl (C=O) groups is 2. The van der Waals surface area contributed by atoms with Gasteiger partial charge in [0, 0.05) is 31.8 Å². The highest BCUT2D eigenvalue weighted by Crippen LogP contribution is 2.62. The van der Waals surface area contributed by atoms with Crippen molar-refractivity contribution in [3.05, 3.63) is 76.4 Å². The van der Waals surface area contributed by atoms with Crippen molar-refractivity contribution >= 4 is 18.0 Å². The molecule has 14 heteroatoms. The van der Waals surface area contributed by atoms with Crippen molar-refractivity contribution in [2.45, 2.75) is 166 Å². The van der Waals surface area contributed by atoms with Crippen LogP contribution >= 0.6 is 0 Å². The molecule has 14 nitrogen and oxygen atoms in total. The lowest BCUT2D eigenvalue weighted by Crippen LogP contribution is -2.71. The standard InChI is InChI=1S/C56H79NO13/c1-31(2)41-13-11-39-22-32(3)23-40(55(39)19-16-42(41)47(62)28-55)12-15-49(63)68-52-50(64)51-45(57-29-33(4)60)17-20-56(66,70-51)53(52)69-54(65)38(24-35-7-14-46(61)48(26-35)67-5)27-44-37(30-59)10-9-36-8-6-34(18-21-58)25-43(36)44/h6-8,14,17,20,24-26,31-33,37,39-42,44-45,47,50-53,57-62,64,66H,9-13,15-16,18-19,21-23,27-30H2,1-5H3/b38-24+/t32-,33-,37+,39-,40+,41+,42+,44-,45+,47-,50-,51-,52+,53+,55-,56+/m0/s1. The first-order valence-electron chi connectivity index (χ1n) is 26.2. The Morgan fingerprint density at radius 1 is 1.01 bits per heavy atom. The molecule has 2 aromatic rings. The van der Waals surface area contributed by atoms with E-state index in [4.69, 9.17) is 18.9 Å². The van der Waals surface area contributed by atoms with E-state index in [1.54, 1.807) is 31.2 Å². The van der Waals surface area contributed by atoms with Gasteiger partial charge < -0.3 is 60.0 Å². The van der Waals surface area contributed by atoms with Gasteiger partial charge in [-0.2, -0.15) is 0 Å². The highest BCUT2D eigenvalue weighted by Gasteiger charge is 2.60. The Labute approximate surface area is 413 Å². The molecule has 4 saturated carbocycles. The van der Waals surface area contributed by atoms with E-state index in [0.717, 1.165) is 68.1 Å². The van der Waals surface area contributed by atoms with Crippen molar-refractivity contribution in [1.29, 1.82) is 0 Å². The molecule has 5 fully saturated rings. The maximum absolute atomic E-state index is 15.0. The summed E-state index contributed by atoms with van der Waals surface area (Å²) in [4.78, 5) is 29.4. The number of methoxy groups -OCH3 is 1. The van der Waals surface area contributed by atoms with Gasteiger partial charge in [0.15, 0.2) is 23.7 Å². The maximum Gasteiger partial charge on any atom is 0.334 e. The third-order valence-electron chi connectivity index (χ3n) is 17.6. The van der Waals surface area contributed by atoms with E-state index >= 15 is 4.79 Å². The van der Waals surface area contributed by atoms with Gasteiger partial charge in [-0.1, -0.05) is 51.1 Å². The molecule has 9 rings (SSSR count). The summed E-state index contributed by atoms with van der Waals surface area (Å²) in [5, 5.41) is 80.6. The van der Waals surface area contributed by atoms with Gasteiger partial charge in [0.05, 0.1) is 25.4 Å². The smallest absolute Gasteiger partial charge is 0.334 e. The molecule has 1 saturated heterocycles. The molecule has 7 aliphatic rings. The fraction of sp³-hybridized carbons (Fsp3) is 0.679. The molecule has 2 aromatic carbocycles. The summed E-state index contributed by atoms with van der Waals surface area (Å²) >= 11 is 0. The Bertz CT molecular complexity index is 2210. The summed E-state index contributed by atoms with van der Waals surface area (Å²) in [5.74, 6) is -2.05. The van der Waals surface area contributed by atoms with Crippen LogP contribution in [0.3, 0.4) is 0 Å². The van der Waals surface area contributed by atoms with E-state index in [2.05, 4.69) is 26.1 Å². The lowest BCUT2D eigenvalue weighted by Gasteiger charge is -2.59. The van der Waals surface area contributed by atoms with E-state index in [1.165, 1.54) is 19.3 Å². The Balaban J connectivity index is 1.10. The molecule has 0 radical (unpaired) electrons. The third-order valence-corrected chi connectivity index (χ3v) is 17.6. The molecular formula is C56H79NO13. The number of carbonyl (C=O) groups excluding carboxylic acids is 2. The maximum atomic E-state index is 15.0. The van der Waals surface area contributed by atoms with Crippen LogP contribution in [0.25, 0.3) is 6.08 Å². The van der Waals surface area contributed by atoms with Gasteiger partial charge >= 0.3 is 11.9 Å². The highest BCUT2D eigenvalue weighted by molar-refractivity contribution is 5.94. The van der Waals surface area contributed by atoms with Crippen molar-refractivity contribution in [1.82, 2.24) is 5.32 Å². The summed E-state index contributed by atoms with van der Waals surface area (Å²) in [6, 6.07) is 9.94. The normalized spacial score (nSPS) is 36.3. The lowest BCUT2D eigenvalue weighted by molar-refractivity contribution is -0.333. The first-order valence-corrected chi connectivity index (χ1v) is 26.2. The molecule has 70 heavy (non-hydrogen) atoms. The Kier molecular flexibility index (Phi) is 16.6. The predicted octanol–water partition coefficient (Wildman–Crippen LogP) is 5.88. The molecule has 8 N–H and O–H groups in total. The largest absolute Gasteiger partial charge is 0.504 e. The Morgan fingerprint density at radius 3 is 2.53 bits per heavy atom. The van der Waals surface area contributed by atoms with Crippen LogP contribution in [0.5, 0.6) is 11.5 Å². The third kappa shape index (κ3) is 10.9. The highest BCUT2D eigenvalue weighted by atomic mass is 16.7. The number of hydrogen-bond donors (Lipinski definition) is 8. The number of benzene rings is 2. The molecule has 1 spiro atoms. The molecule has 4 bridgehead atoms. The number of aryl methyl sites for hydroxylation is 1. The van der Waals surface area contributed by atoms with Crippen molar-refractivity contribution < 1.29 is 64.3 Å². The first-order chi connectivity index (χ1) is 33.5. The first kappa shape index (κ1) is 52.5. The summed E-state index contributed by atoms with van der Waals surface area (Å²) in [5.41, 5.74) is 3.45. The second kappa shape index (κ2) is 22.1. The van der Waals surface area contributed by atoms with E-state index in [0.29, 0.717) is 48.5 Å². The zero-order valence-corrected chi connectivity index (χ0v) is 41.8. The van der Waals surface area contributed by atoms with Gasteiger partial charge in [0.2, 0.25) is 5.79 Å². The van der Waals surface area contributed by atoms with Crippen molar-refractivity contribution in [2.75, 3.05) is 26.9 Å². The molecule has 2 heterocycles. The molecule has 16 atom stereocenters. The summed E-state index contributed by atoms with van der Waals surface area (Å²) in [6.07, 6.45) is 6.71. The summed E-state index contributed by atoms with van der Waals surface area (Å²) in [7, 11) is 1.42. The number of aliphatic hydroxyl groups excluding tert-OH is 5. The fourth-order valence-corrected chi connectivity index (χ4v) is 14.0. The second-order valence-corrected chi connectivity index (χ2v) is 22.3. The SMILES string of the molecule is COc1cc(/C=C(\C[C@@H]2c3cc(CCO)ccc3CC[C@@H]2CO)C(=O)O[C@@H]2[C@H](OC(=O)CC[C@@H]3C[C@@H](C)C[C@@H]4CC[C@H](C(C)C)[C@H]5CC[C@@]34C[C@@H]5O)[C@@H](O)[C@H]3O[C@]2(O)C=C[C@H]3NC[C@H](C)O)ccc1O.